The number of alkyl halides is 6. The summed E-state index contributed by atoms with van der Waals surface area (Å²) < 4.78 is 127. The number of hydrogen-bond donors (Lipinski definition) is 0. The summed E-state index contributed by atoms with van der Waals surface area (Å²) in [6.45, 7) is 8.21. The average molecular weight is 571 g/mol. The van der Waals surface area contributed by atoms with E-state index in [0.29, 0.717) is 11.5 Å². The summed E-state index contributed by atoms with van der Waals surface area (Å²) in [5.41, 5.74) is -12.1. The second-order valence-corrected chi connectivity index (χ2v) is 15.3. The minimum atomic E-state index is -6.72. The van der Waals surface area contributed by atoms with Crippen LogP contribution < -0.4 is 0 Å². The molecule has 1 fully saturated rings. The van der Waals surface area contributed by atoms with Crippen LogP contribution in [-0.4, -0.2) is 88.3 Å². The first-order chi connectivity index (χ1) is 14.9. The van der Waals surface area contributed by atoms with Crippen LogP contribution in [0.4, 0.5) is 26.3 Å². The van der Waals surface area contributed by atoms with E-state index in [-0.39, 0.29) is 0 Å². The van der Waals surface area contributed by atoms with Crippen LogP contribution in [0.1, 0.15) is 40.0 Å². The van der Waals surface area contributed by atoms with E-state index in [9.17, 15) is 43.2 Å². The van der Waals surface area contributed by atoms with Crippen LogP contribution in [0.2, 0.25) is 0 Å². The summed E-state index contributed by atoms with van der Waals surface area (Å²) in [6, 6.07) is 0.633. The molecule has 206 valence electrons. The molecular weight excluding hydrogens is 538 g/mol. The number of sulfonamides is 2. The first kappa shape index (κ1) is 33.5. The molecule has 0 amide bonds. The third kappa shape index (κ3) is 8.56. The molecule has 1 saturated heterocycles. The lowest BCUT2D eigenvalue weighted by Gasteiger charge is -2.51. The van der Waals surface area contributed by atoms with Gasteiger partial charge in [-0.25, -0.2) is 16.8 Å². The molecular formula is C16H32F6N2O7S2Si. The molecule has 0 aliphatic carbocycles. The fourth-order valence-electron chi connectivity index (χ4n) is 3.94. The molecule has 0 saturated carbocycles. The van der Waals surface area contributed by atoms with Crippen molar-refractivity contribution in [1.82, 2.24) is 0 Å². The molecule has 0 N–H and O–H groups in total. The van der Waals surface area contributed by atoms with Gasteiger partial charge in [0.2, 0.25) is 0 Å². The van der Waals surface area contributed by atoms with E-state index in [2.05, 4.69) is 27.8 Å². The third-order valence-corrected chi connectivity index (χ3v) is 11.1. The van der Waals surface area contributed by atoms with E-state index < -0.39 is 39.9 Å². The van der Waals surface area contributed by atoms with Crippen molar-refractivity contribution in [2.24, 2.45) is 5.41 Å². The fraction of sp³-hybridized carbons (Fsp3) is 1.00. The Morgan fingerprint density at radius 2 is 1.24 bits per heavy atom. The highest BCUT2D eigenvalue weighted by Crippen LogP contribution is 2.38. The van der Waals surface area contributed by atoms with Crippen molar-refractivity contribution in [2.75, 3.05) is 41.1 Å². The predicted molar refractivity (Wildman–Crippen MR) is 113 cm³/mol. The largest absolute Gasteiger partial charge is 0.558 e. The minimum Gasteiger partial charge on any atom is -0.421 e. The summed E-state index contributed by atoms with van der Waals surface area (Å²) >= 11 is 0. The van der Waals surface area contributed by atoms with Gasteiger partial charge in [-0.05, 0) is 12.8 Å². The van der Waals surface area contributed by atoms with Crippen LogP contribution in [0.5, 0.6) is 0 Å². The number of likely N-dealkylation sites (tertiary alicyclic amines) is 1. The summed E-state index contributed by atoms with van der Waals surface area (Å²) in [7, 11) is -8.50. The van der Waals surface area contributed by atoms with Crippen molar-refractivity contribution in [2.45, 2.75) is 57.1 Å². The van der Waals surface area contributed by atoms with Crippen LogP contribution in [0.25, 0.3) is 4.13 Å². The molecule has 2 unspecified atom stereocenters. The lowest BCUT2D eigenvalue weighted by Crippen LogP contribution is -2.68. The number of rotatable bonds is 7. The Balaban J connectivity index is 0.000000661. The van der Waals surface area contributed by atoms with Gasteiger partial charge in [-0.15, -0.1) is 0 Å². The summed E-state index contributed by atoms with van der Waals surface area (Å²) in [6.07, 6.45) is 4.75. The maximum Gasteiger partial charge on any atom is 0.558 e. The van der Waals surface area contributed by atoms with Gasteiger partial charge in [-0.1, -0.05) is 20.8 Å². The van der Waals surface area contributed by atoms with Crippen molar-refractivity contribution in [3.8, 4) is 0 Å². The standard InChI is InChI=1S/C14H32NO3Si.C2F6NO4S2/c1-14(2,3)13-10-8-9-11-15(13,4)12-19(16-5,17-6)18-7;3-1(4,5)14(10,11)9-15(12,13)2(6,7)8/h13H,8-12H2,1-7H3;/q+1;-1. The SMILES string of the molecule is CO[Si](C[N+]1(C)CCCCC1C(C)(C)C)(OC)OC.O=S(=O)([N-]S(=O)(=O)C(F)(F)F)C(F)(F)F. The van der Waals surface area contributed by atoms with Crippen molar-refractivity contribution < 1.29 is 60.9 Å². The molecule has 1 aliphatic rings. The summed E-state index contributed by atoms with van der Waals surface area (Å²) in [5.74, 6) is 0. The van der Waals surface area contributed by atoms with Crippen LogP contribution in [-0.2, 0) is 33.3 Å². The molecule has 34 heavy (non-hydrogen) atoms. The van der Waals surface area contributed by atoms with Gasteiger partial charge >= 0.3 is 19.8 Å². The van der Waals surface area contributed by atoms with E-state index in [1.54, 1.807) is 21.3 Å². The van der Waals surface area contributed by atoms with Crippen molar-refractivity contribution >= 4 is 28.9 Å². The highest BCUT2D eigenvalue weighted by molar-refractivity contribution is 8.13. The summed E-state index contributed by atoms with van der Waals surface area (Å²) in [5, 5.41) is 0. The van der Waals surface area contributed by atoms with Crippen LogP contribution in [0, 0.1) is 5.41 Å². The topological polar surface area (TPSA) is 110 Å². The molecule has 0 aromatic carbocycles. The Hall–Kier alpha value is -0.503. The quantitative estimate of drug-likeness (QED) is 0.262. The zero-order chi connectivity index (χ0) is 27.4. The van der Waals surface area contributed by atoms with E-state index in [4.69, 9.17) is 13.3 Å². The Morgan fingerprint density at radius 1 is 0.853 bits per heavy atom. The summed E-state index contributed by atoms with van der Waals surface area (Å²) in [4.78, 5) is 0. The highest BCUT2D eigenvalue weighted by atomic mass is 32.3. The fourth-order valence-corrected chi connectivity index (χ4v) is 7.80. The van der Waals surface area contributed by atoms with E-state index in [1.165, 1.54) is 25.8 Å². The number of hydrogen-bond acceptors (Lipinski definition) is 7. The minimum absolute atomic E-state index is 0.296. The highest BCUT2D eigenvalue weighted by Gasteiger charge is 2.53. The van der Waals surface area contributed by atoms with E-state index in [1.807, 2.05) is 0 Å². The van der Waals surface area contributed by atoms with E-state index in [0.717, 1.165) is 14.8 Å². The Labute approximate surface area is 197 Å². The van der Waals surface area contributed by atoms with Crippen molar-refractivity contribution in [3.05, 3.63) is 4.13 Å². The Kier molecular flexibility index (Phi) is 11.1. The normalized spacial score (nSPS) is 23.3. The first-order valence-electron chi connectivity index (χ1n) is 9.80. The second kappa shape index (κ2) is 11.3. The molecule has 18 heteroatoms. The van der Waals surface area contributed by atoms with Crippen molar-refractivity contribution in [3.63, 3.8) is 0 Å². The van der Waals surface area contributed by atoms with Crippen molar-refractivity contribution in [1.29, 1.82) is 0 Å². The molecule has 1 heterocycles. The first-order valence-corrected chi connectivity index (χ1v) is 14.6. The molecule has 0 radical (unpaired) electrons. The van der Waals surface area contributed by atoms with Gasteiger partial charge in [0.25, 0.3) is 0 Å². The molecule has 9 nitrogen and oxygen atoms in total. The Bertz CT molecular complexity index is 821. The maximum atomic E-state index is 11.4. The average Bonchev–Trinajstić information content (AvgIpc) is 2.63. The molecule has 0 aromatic rings. The molecule has 0 aromatic heterocycles. The maximum absolute atomic E-state index is 11.4. The van der Waals surface area contributed by atoms with E-state index >= 15 is 0 Å². The number of halogens is 6. The van der Waals surface area contributed by atoms with Gasteiger partial charge < -0.3 is 21.9 Å². The molecule has 2 atom stereocenters. The predicted octanol–water partition coefficient (Wildman–Crippen LogP) is 3.51. The molecule has 0 bridgehead atoms. The van der Waals surface area contributed by atoms with Crippen LogP contribution in [0.3, 0.4) is 0 Å². The zero-order valence-electron chi connectivity index (χ0n) is 19.9. The third-order valence-electron chi connectivity index (χ3n) is 5.42. The molecule has 0 spiro atoms. The van der Waals surface area contributed by atoms with Gasteiger partial charge in [0, 0.05) is 33.2 Å². The van der Waals surface area contributed by atoms with Gasteiger partial charge in [-0.3, -0.25) is 0 Å². The number of piperidine rings is 1. The van der Waals surface area contributed by atoms with Gasteiger partial charge in [0.15, 0.2) is 20.0 Å². The smallest absolute Gasteiger partial charge is 0.421 e. The van der Waals surface area contributed by atoms with Gasteiger partial charge in [0.1, 0.15) is 6.17 Å². The second-order valence-electron chi connectivity index (χ2n) is 8.95. The van der Waals surface area contributed by atoms with Gasteiger partial charge in [0.05, 0.1) is 19.6 Å². The Morgan fingerprint density at radius 3 is 1.53 bits per heavy atom. The zero-order valence-corrected chi connectivity index (χ0v) is 22.6. The van der Waals surface area contributed by atoms with Gasteiger partial charge in [-0.2, -0.15) is 26.3 Å². The van der Waals surface area contributed by atoms with Crippen LogP contribution in [0.15, 0.2) is 0 Å². The monoisotopic (exact) mass is 570 g/mol. The lowest BCUT2D eigenvalue weighted by atomic mass is 9.79. The molecule has 1 aliphatic heterocycles. The number of quaternary nitrogens is 1. The lowest BCUT2D eigenvalue weighted by molar-refractivity contribution is -0.938. The molecule has 1 rings (SSSR count). The van der Waals surface area contributed by atoms with Crippen LogP contribution >= 0.6 is 0 Å². The number of nitrogens with zero attached hydrogens (tertiary/aromatic N) is 2.